The van der Waals surface area contributed by atoms with Gasteiger partial charge in [0.25, 0.3) is 0 Å². The molecule has 0 aliphatic carbocycles. The number of nitrogens with zero attached hydrogens (tertiary/aromatic N) is 3. The Hall–Kier alpha value is -1.85. The number of para-hydroxylation sites is 1. The molecule has 6 heteroatoms. The molecule has 0 bridgehead atoms. The van der Waals surface area contributed by atoms with Crippen molar-refractivity contribution in [2.75, 3.05) is 44.3 Å². The summed E-state index contributed by atoms with van der Waals surface area (Å²) >= 11 is 0. The molecule has 3 heterocycles. The van der Waals surface area contributed by atoms with Crippen LogP contribution in [0.3, 0.4) is 0 Å². The van der Waals surface area contributed by atoms with E-state index in [0.29, 0.717) is 6.04 Å². The fourth-order valence-electron chi connectivity index (χ4n) is 4.59. The quantitative estimate of drug-likeness (QED) is 0.563. The zero-order valence-electron chi connectivity index (χ0n) is 17.1. The average molecular weight is 446 g/mol. The van der Waals surface area contributed by atoms with Gasteiger partial charge in [0.1, 0.15) is 0 Å². The van der Waals surface area contributed by atoms with Gasteiger partial charge in [0, 0.05) is 48.9 Å². The number of fused-ring (bicyclic) bond motifs is 1. The van der Waals surface area contributed by atoms with Crippen LogP contribution in [0.15, 0.2) is 60.7 Å². The lowest BCUT2D eigenvalue weighted by molar-refractivity contribution is 0.0115. The normalized spacial score (nSPS) is 17.9. The molecule has 160 valence electrons. The van der Waals surface area contributed by atoms with Gasteiger partial charge < -0.3 is 9.64 Å². The molecule has 1 aromatic heterocycles. The minimum absolute atomic E-state index is 0. The molecule has 2 aromatic carbocycles. The predicted molar refractivity (Wildman–Crippen MR) is 129 cm³/mol. The van der Waals surface area contributed by atoms with Gasteiger partial charge in [-0.15, -0.1) is 24.8 Å². The standard InChI is InChI=1S/C24H27N3O.2ClH/c1-2-6-19(7-3-1)23-18-24(21-8-4-5-9-22(21)25-23)27-12-10-20(11-13-27)26-14-16-28-17-15-26;;/h1-9,18,20H,10-17H2;2*1H. The van der Waals surface area contributed by atoms with Crippen LogP contribution in [0.25, 0.3) is 22.2 Å². The lowest BCUT2D eigenvalue weighted by Crippen LogP contribution is -2.49. The van der Waals surface area contributed by atoms with Crippen molar-refractivity contribution in [3.8, 4) is 11.3 Å². The molecular weight excluding hydrogens is 417 g/mol. The maximum absolute atomic E-state index is 5.53. The lowest BCUT2D eigenvalue weighted by atomic mass is 10.0. The highest BCUT2D eigenvalue weighted by Gasteiger charge is 2.26. The molecule has 3 aromatic rings. The van der Waals surface area contributed by atoms with Crippen LogP contribution in [-0.2, 0) is 4.74 Å². The summed E-state index contributed by atoms with van der Waals surface area (Å²) < 4.78 is 5.53. The van der Waals surface area contributed by atoms with Gasteiger partial charge in [-0.1, -0.05) is 48.5 Å². The van der Waals surface area contributed by atoms with E-state index in [4.69, 9.17) is 9.72 Å². The summed E-state index contributed by atoms with van der Waals surface area (Å²) in [7, 11) is 0. The Morgan fingerprint density at radius 1 is 0.800 bits per heavy atom. The van der Waals surface area contributed by atoms with Crippen molar-refractivity contribution in [1.29, 1.82) is 0 Å². The first-order valence-electron chi connectivity index (χ1n) is 10.4. The lowest BCUT2D eigenvalue weighted by Gasteiger charge is -2.41. The zero-order valence-corrected chi connectivity index (χ0v) is 18.7. The minimum atomic E-state index is 0. The summed E-state index contributed by atoms with van der Waals surface area (Å²) in [4.78, 5) is 10.1. The summed E-state index contributed by atoms with van der Waals surface area (Å²) in [5, 5.41) is 1.26. The van der Waals surface area contributed by atoms with Crippen LogP contribution in [0.4, 0.5) is 5.69 Å². The van der Waals surface area contributed by atoms with Crippen molar-refractivity contribution in [2.45, 2.75) is 18.9 Å². The van der Waals surface area contributed by atoms with Crippen LogP contribution in [0, 0.1) is 0 Å². The minimum Gasteiger partial charge on any atom is -0.379 e. The SMILES string of the molecule is Cl.Cl.c1ccc(-c2cc(N3CCC(N4CCOCC4)CC3)c3ccccc3n2)cc1. The maximum atomic E-state index is 5.53. The first-order valence-corrected chi connectivity index (χ1v) is 10.4. The second-order valence-corrected chi connectivity index (χ2v) is 7.78. The molecule has 0 unspecified atom stereocenters. The van der Waals surface area contributed by atoms with Gasteiger partial charge in [-0.3, -0.25) is 4.90 Å². The molecule has 2 fully saturated rings. The van der Waals surface area contributed by atoms with Crippen molar-refractivity contribution in [1.82, 2.24) is 9.88 Å². The van der Waals surface area contributed by atoms with E-state index in [9.17, 15) is 0 Å². The van der Waals surface area contributed by atoms with Gasteiger partial charge in [-0.05, 0) is 25.0 Å². The molecule has 0 spiro atoms. The van der Waals surface area contributed by atoms with Crippen LogP contribution >= 0.6 is 24.8 Å². The van der Waals surface area contributed by atoms with E-state index >= 15 is 0 Å². The highest BCUT2D eigenvalue weighted by atomic mass is 35.5. The Bertz CT molecular complexity index is 940. The molecule has 30 heavy (non-hydrogen) atoms. The molecule has 0 atom stereocenters. The topological polar surface area (TPSA) is 28.6 Å². The zero-order chi connectivity index (χ0) is 18.8. The Morgan fingerprint density at radius 3 is 2.20 bits per heavy atom. The first-order chi connectivity index (χ1) is 13.9. The van der Waals surface area contributed by atoms with Crippen molar-refractivity contribution < 1.29 is 4.74 Å². The number of halogens is 2. The number of morpholine rings is 1. The Kier molecular flexibility index (Phi) is 7.95. The number of aromatic nitrogens is 1. The number of hydrogen-bond donors (Lipinski definition) is 0. The summed E-state index contributed by atoms with van der Waals surface area (Å²) in [6.07, 6.45) is 2.44. The van der Waals surface area contributed by atoms with Gasteiger partial charge in [0.05, 0.1) is 24.4 Å². The predicted octanol–water partition coefficient (Wildman–Crippen LogP) is 5.05. The fourth-order valence-corrected chi connectivity index (χ4v) is 4.59. The number of anilines is 1. The summed E-state index contributed by atoms with van der Waals surface area (Å²) in [5.74, 6) is 0. The van der Waals surface area contributed by atoms with Gasteiger partial charge in [0.15, 0.2) is 0 Å². The second-order valence-electron chi connectivity index (χ2n) is 7.78. The van der Waals surface area contributed by atoms with E-state index in [2.05, 4.69) is 70.5 Å². The third-order valence-electron chi connectivity index (χ3n) is 6.13. The van der Waals surface area contributed by atoms with Gasteiger partial charge in [0.2, 0.25) is 0 Å². The molecule has 4 nitrogen and oxygen atoms in total. The molecule has 2 aliphatic heterocycles. The van der Waals surface area contributed by atoms with Crippen LogP contribution in [0.5, 0.6) is 0 Å². The molecule has 0 radical (unpaired) electrons. The second kappa shape index (κ2) is 10.5. The number of hydrogen-bond acceptors (Lipinski definition) is 4. The fraction of sp³-hybridized carbons (Fsp3) is 0.375. The average Bonchev–Trinajstić information content (AvgIpc) is 2.80. The molecule has 5 rings (SSSR count). The van der Waals surface area contributed by atoms with Crippen molar-refractivity contribution >= 4 is 41.4 Å². The monoisotopic (exact) mass is 445 g/mol. The third-order valence-corrected chi connectivity index (χ3v) is 6.13. The summed E-state index contributed by atoms with van der Waals surface area (Å²) in [6.45, 7) is 6.14. The van der Waals surface area contributed by atoms with Gasteiger partial charge >= 0.3 is 0 Å². The largest absolute Gasteiger partial charge is 0.379 e. The van der Waals surface area contributed by atoms with Gasteiger partial charge in [-0.25, -0.2) is 4.98 Å². The molecule has 0 saturated carbocycles. The number of benzene rings is 2. The Morgan fingerprint density at radius 2 is 1.47 bits per heavy atom. The molecule has 2 saturated heterocycles. The number of ether oxygens (including phenoxy) is 1. The molecular formula is C24H29Cl2N3O. The third kappa shape index (κ3) is 4.73. The van der Waals surface area contributed by atoms with Crippen LogP contribution in [0.2, 0.25) is 0 Å². The van der Waals surface area contributed by atoms with E-state index in [1.807, 2.05) is 0 Å². The Balaban J connectivity index is 0.00000128. The highest BCUT2D eigenvalue weighted by Crippen LogP contribution is 2.33. The summed E-state index contributed by atoms with van der Waals surface area (Å²) in [6, 6.07) is 22.0. The first kappa shape index (κ1) is 22.8. The van der Waals surface area contributed by atoms with Crippen LogP contribution in [0.1, 0.15) is 12.8 Å². The van der Waals surface area contributed by atoms with E-state index < -0.39 is 0 Å². The van der Waals surface area contributed by atoms with E-state index in [0.717, 1.165) is 50.6 Å². The van der Waals surface area contributed by atoms with Crippen molar-refractivity contribution in [3.63, 3.8) is 0 Å². The van der Waals surface area contributed by atoms with Crippen molar-refractivity contribution in [3.05, 3.63) is 60.7 Å². The van der Waals surface area contributed by atoms with E-state index in [1.165, 1.54) is 29.5 Å². The van der Waals surface area contributed by atoms with Crippen molar-refractivity contribution in [2.24, 2.45) is 0 Å². The number of rotatable bonds is 3. The highest BCUT2D eigenvalue weighted by molar-refractivity contribution is 5.94. The molecule has 2 aliphatic rings. The van der Waals surface area contributed by atoms with E-state index in [1.54, 1.807) is 0 Å². The maximum Gasteiger partial charge on any atom is 0.0730 e. The molecule has 0 amide bonds. The number of piperidine rings is 1. The Labute approximate surface area is 191 Å². The van der Waals surface area contributed by atoms with Crippen LogP contribution < -0.4 is 4.90 Å². The molecule has 0 N–H and O–H groups in total. The number of pyridine rings is 1. The smallest absolute Gasteiger partial charge is 0.0730 e. The van der Waals surface area contributed by atoms with Crippen LogP contribution in [-0.4, -0.2) is 55.3 Å². The summed E-state index contributed by atoms with van der Waals surface area (Å²) in [5.41, 5.74) is 4.64. The van der Waals surface area contributed by atoms with Gasteiger partial charge in [-0.2, -0.15) is 0 Å². The van der Waals surface area contributed by atoms with E-state index in [-0.39, 0.29) is 24.8 Å².